The van der Waals surface area contributed by atoms with Crippen LogP contribution < -0.4 is 10.9 Å². The average Bonchev–Trinajstić information content (AvgIpc) is 3.02. The lowest BCUT2D eigenvalue weighted by Gasteiger charge is -2.21. The van der Waals surface area contributed by atoms with Crippen molar-refractivity contribution >= 4 is 11.8 Å². The molecule has 108 valence electrons. The first-order valence-electron chi connectivity index (χ1n) is 6.73. The van der Waals surface area contributed by atoms with E-state index in [2.05, 4.69) is 15.3 Å². The summed E-state index contributed by atoms with van der Waals surface area (Å²) < 4.78 is 5.28. The largest absolute Gasteiger partial charge is 0.463 e. The summed E-state index contributed by atoms with van der Waals surface area (Å²) in [5.74, 6) is 0.435. The maximum Gasteiger partial charge on any atom is 0.270 e. The van der Waals surface area contributed by atoms with Gasteiger partial charge in [0.15, 0.2) is 10.9 Å². The second-order valence-electron chi connectivity index (χ2n) is 4.75. The van der Waals surface area contributed by atoms with Gasteiger partial charge in [-0.25, -0.2) is 4.98 Å². The molecule has 1 aliphatic heterocycles. The highest BCUT2D eigenvalue weighted by molar-refractivity contribution is 7.99. The van der Waals surface area contributed by atoms with Gasteiger partial charge in [0.1, 0.15) is 17.3 Å². The standard InChI is InChI=1S/C14H14N4O2S/c15-8-10-12(11-2-1-7-20-11)17-14(18-13(10)19)21-9-3-5-16-6-4-9/h1-2,7,9,16H,3-6H2,(H,17,18,19). The van der Waals surface area contributed by atoms with E-state index in [4.69, 9.17) is 9.68 Å². The lowest BCUT2D eigenvalue weighted by atomic mass is 10.2. The molecular formula is C14H14N4O2S. The Morgan fingerprint density at radius 3 is 2.90 bits per heavy atom. The summed E-state index contributed by atoms with van der Waals surface area (Å²) in [4.78, 5) is 19.1. The Labute approximate surface area is 125 Å². The number of nitrogens with one attached hydrogen (secondary N) is 2. The number of hydrogen-bond donors (Lipinski definition) is 2. The summed E-state index contributed by atoms with van der Waals surface area (Å²) in [7, 11) is 0. The van der Waals surface area contributed by atoms with Crippen LogP contribution in [0.25, 0.3) is 11.5 Å². The van der Waals surface area contributed by atoms with E-state index in [0.717, 1.165) is 25.9 Å². The Kier molecular flexibility index (Phi) is 4.08. The van der Waals surface area contributed by atoms with Crippen LogP contribution in [0.1, 0.15) is 18.4 Å². The number of piperidine rings is 1. The highest BCUT2D eigenvalue weighted by Crippen LogP contribution is 2.28. The van der Waals surface area contributed by atoms with Crippen molar-refractivity contribution in [2.75, 3.05) is 13.1 Å². The number of hydrogen-bond acceptors (Lipinski definition) is 6. The smallest absolute Gasteiger partial charge is 0.270 e. The van der Waals surface area contributed by atoms with Crippen LogP contribution in [-0.4, -0.2) is 28.3 Å². The summed E-state index contributed by atoms with van der Waals surface area (Å²) >= 11 is 1.55. The van der Waals surface area contributed by atoms with E-state index in [1.807, 2.05) is 6.07 Å². The number of nitrogens with zero attached hydrogens (tertiary/aromatic N) is 2. The van der Waals surface area contributed by atoms with Gasteiger partial charge in [0.05, 0.1) is 6.26 Å². The van der Waals surface area contributed by atoms with Gasteiger partial charge in [-0.2, -0.15) is 5.26 Å². The van der Waals surface area contributed by atoms with E-state index in [0.29, 0.717) is 21.9 Å². The highest BCUT2D eigenvalue weighted by Gasteiger charge is 2.19. The van der Waals surface area contributed by atoms with Gasteiger partial charge < -0.3 is 14.7 Å². The molecule has 2 aromatic heterocycles. The van der Waals surface area contributed by atoms with Crippen molar-refractivity contribution < 1.29 is 4.42 Å². The molecule has 0 bridgehead atoms. The molecule has 1 saturated heterocycles. The minimum absolute atomic E-state index is 0.0142. The molecule has 3 heterocycles. The molecule has 0 spiro atoms. The minimum atomic E-state index is -0.421. The summed E-state index contributed by atoms with van der Waals surface area (Å²) in [5, 5.41) is 13.4. The summed E-state index contributed by atoms with van der Waals surface area (Å²) in [5.41, 5.74) is -0.127. The van der Waals surface area contributed by atoms with Crippen LogP contribution in [-0.2, 0) is 0 Å². The number of thioether (sulfide) groups is 1. The van der Waals surface area contributed by atoms with Crippen molar-refractivity contribution in [3.63, 3.8) is 0 Å². The van der Waals surface area contributed by atoms with Crippen molar-refractivity contribution in [3.8, 4) is 17.5 Å². The van der Waals surface area contributed by atoms with Gasteiger partial charge in [-0.1, -0.05) is 11.8 Å². The maximum atomic E-state index is 12.0. The Bertz CT molecular complexity index is 712. The monoisotopic (exact) mass is 302 g/mol. The Morgan fingerprint density at radius 2 is 2.24 bits per heavy atom. The molecule has 21 heavy (non-hydrogen) atoms. The van der Waals surface area contributed by atoms with Crippen LogP contribution in [0.2, 0.25) is 0 Å². The molecule has 0 unspecified atom stereocenters. The molecule has 7 heteroatoms. The fourth-order valence-electron chi connectivity index (χ4n) is 2.27. The zero-order chi connectivity index (χ0) is 14.7. The van der Waals surface area contributed by atoms with E-state index >= 15 is 0 Å². The van der Waals surface area contributed by atoms with Gasteiger partial charge in [-0.3, -0.25) is 4.79 Å². The zero-order valence-corrected chi connectivity index (χ0v) is 12.1. The van der Waals surface area contributed by atoms with Crippen molar-refractivity contribution in [1.82, 2.24) is 15.3 Å². The third kappa shape index (κ3) is 3.01. The fourth-order valence-corrected chi connectivity index (χ4v) is 3.36. The van der Waals surface area contributed by atoms with Crippen LogP contribution >= 0.6 is 11.8 Å². The van der Waals surface area contributed by atoms with Crippen LogP contribution in [0.3, 0.4) is 0 Å². The first kappa shape index (κ1) is 13.9. The number of aromatic amines is 1. The van der Waals surface area contributed by atoms with Gasteiger partial charge in [0, 0.05) is 5.25 Å². The molecule has 1 fully saturated rings. The van der Waals surface area contributed by atoms with Crippen molar-refractivity contribution in [3.05, 3.63) is 34.3 Å². The topological polar surface area (TPSA) is 94.7 Å². The first-order valence-corrected chi connectivity index (χ1v) is 7.61. The van der Waals surface area contributed by atoms with E-state index in [9.17, 15) is 4.79 Å². The zero-order valence-electron chi connectivity index (χ0n) is 11.3. The maximum absolute atomic E-state index is 12.0. The van der Waals surface area contributed by atoms with Gasteiger partial charge in [-0.05, 0) is 38.1 Å². The number of aromatic nitrogens is 2. The molecule has 0 saturated carbocycles. The van der Waals surface area contributed by atoms with Gasteiger partial charge >= 0.3 is 0 Å². The summed E-state index contributed by atoms with van der Waals surface area (Å²) in [6.07, 6.45) is 3.56. The summed E-state index contributed by atoms with van der Waals surface area (Å²) in [6.45, 7) is 1.95. The third-order valence-corrected chi connectivity index (χ3v) is 4.55. The normalized spacial score (nSPS) is 15.8. The first-order chi connectivity index (χ1) is 10.3. The number of nitriles is 1. The summed E-state index contributed by atoms with van der Waals surface area (Å²) in [6, 6.07) is 5.30. The Hall–Kier alpha value is -2.04. The van der Waals surface area contributed by atoms with Gasteiger partial charge in [0.2, 0.25) is 0 Å². The minimum Gasteiger partial charge on any atom is -0.463 e. The van der Waals surface area contributed by atoms with Crippen LogP contribution in [0.5, 0.6) is 0 Å². The fraction of sp³-hybridized carbons (Fsp3) is 0.357. The predicted molar refractivity (Wildman–Crippen MR) is 79.0 cm³/mol. The second kappa shape index (κ2) is 6.16. The molecule has 1 aliphatic rings. The molecular weight excluding hydrogens is 288 g/mol. The number of furan rings is 1. The van der Waals surface area contributed by atoms with E-state index < -0.39 is 5.56 Å². The molecule has 2 aromatic rings. The molecule has 2 N–H and O–H groups in total. The van der Waals surface area contributed by atoms with Gasteiger partial charge in [-0.15, -0.1) is 0 Å². The molecule has 0 aromatic carbocycles. The van der Waals surface area contributed by atoms with E-state index in [1.54, 1.807) is 23.9 Å². The SMILES string of the molecule is N#Cc1c(-c2ccco2)nc(SC2CCNCC2)[nH]c1=O. The van der Waals surface area contributed by atoms with E-state index in [-0.39, 0.29) is 5.56 Å². The van der Waals surface area contributed by atoms with Crippen molar-refractivity contribution in [2.45, 2.75) is 23.2 Å². The molecule has 0 amide bonds. The van der Waals surface area contributed by atoms with Crippen molar-refractivity contribution in [1.29, 1.82) is 5.26 Å². The highest BCUT2D eigenvalue weighted by atomic mass is 32.2. The third-order valence-electron chi connectivity index (χ3n) is 3.33. The van der Waals surface area contributed by atoms with Crippen LogP contribution in [0.4, 0.5) is 0 Å². The molecule has 0 atom stereocenters. The second-order valence-corrected chi connectivity index (χ2v) is 6.04. The Balaban J connectivity index is 1.96. The lowest BCUT2D eigenvalue weighted by Crippen LogP contribution is -2.29. The van der Waals surface area contributed by atoms with Crippen LogP contribution in [0, 0.1) is 11.3 Å². The van der Waals surface area contributed by atoms with Gasteiger partial charge in [0.25, 0.3) is 5.56 Å². The quantitative estimate of drug-likeness (QED) is 0.839. The predicted octanol–water partition coefficient (Wildman–Crippen LogP) is 1.75. The average molecular weight is 302 g/mol. The lowest BCUT2D eigenvalue weighted by molar-refractivity contribution is 0.530. The molecule has 3 rings (SSSR count). The van der Waals surface area contributed by atoms with Crippen LogP contribution in [0.15, 0.2) is 32.8 Å². The molecule has 0 radical (unpaired) electrons. The molecule has 0 aliphatic carbocycles. The Morgan fingerprint density at radius 1 is 1.43 bits per heavy atom. The molecule has 6 nitrogen and oxygen atoms in total. The van der Waals surface area contributed by atoms with Crippen molar-refractivity contribution in [2.24, 2.45) is 0 Å². The van der Waals surface area contributed by atoms with E-state index in [1.165, 1.54) is 6.26 Å². The number of rotatable bonds is 3. The number of H-pyrrole nitrogens is 1.